The highest BCUT2D eigenvalue weighted by molar-refractivity contribution is 6.19. The molecule has 0 aliphatic carbocycles. The smallest absolute Gasteiger partial charge is 0.318 e. The molecule has 2 aromatic carbocycles. The molecule has 2 aromatic rings. The molecule has 3 atom stereocenters. The van der Waals surface area contributed by atoms with Crippen LogP contribution in [0, 0.1) is 0 Å². The molecule has 0 spiro atoms. The number of ether oxygens (including phenoxy) is 2. The first kappa shape index (κ1) is 17.0. The Balaban J connectivity index is 1.75. The van der Waals surface area contributed by atoms with Gasteiger partial charge in [0, 0.05) is 6.42 Å². The van der Waals surface area contributed by atoms with Gasteiger partial charge in [-0.05, 0) is 11.1 Å². The molecule has 1 aliphatic rings. The Morgan fingerprint density at radius 2 is 1.67 bits per heavy atom. The molecular weight excluding hydrogens is 328 g/mol. The van der Waals surface area contributed by atoms with Crippen molar-refractivity contribution >= 4 is 17.6 Å². The number of carbonyl (C=O) groups excluding carboxylic acids is 1. The van der Waals surface area contributed by atoms with Crippen LogP contribution in [0.25, 0.3) is 0 Å². The average Bonchev–Trinajstić information content (AvgIpc) is 2.93. The van der Waals surface area contributed by atoms with E-state index in [0.29, 0.717) is 6.42 Å². The van der Waals surface area contributed by atoms with Gasteiger partial charge in [-0.25, -0.2) is 0 Å². The van der Waals surface area contributed by atoms with E-state index in [1.54, 1.807) is 0 Å². The molecule has 0 bridgehead atoms. The Kier molecular flexibility index (Phi) is 5.51. The van der Waals surface area contributed by atoms with Crippen LogP contribution in [-0.2, 0) is 14.3 Å². The molecule has 1 fully saturated rings. The lowest BCUT2D eigenvalue weighted by Gasteiger charge is -2.19. The molecule has 4 nitrogen and oxygen atoms in total. The quantitative estimate of drug-likeness (QED) is 0.667. The zero-order valence-electron chi connectivity index (χ0n) is 13.0. The molecule has 24 heavy (non-hydrogen) atoms. The van der Waals surface area contributed by atoms with Crippen LogP contribution in [-0.4, -0.2) is 35.5 Å². The van der Waals surface area contributed by atoms with E-state index in [1.807, 2.05) is 60.7 Å². The molecule has 0 radical (unpaired) electrons. The third-order valence-electron chi connectivity index (χ3n) is 4.07. The van der Waals surface area contributed by atoms with E-state index in [4.69, 9.17) is 21.1 Å². The van der Waals surface area contributed by atoms with Crippen LogP contribution in [0.3, 0.4) is 0 Å². The number of benzene rings is 2. The molecule has 1 saturated heterocycles. The maximum absolute atomic E-state index is 12.7. The van der Waals surface area contributed by atoms with Crippen molar-refractivity contribution in [3.8, 4) is 0 Å². The number of esters is 1. The molecule has 1 aliphatic heterocycles. The topological polar surface area (TPSA) is 55.8 Å². The normalized spacial score (nSPS) is 23.4. The first-order chi connectivity index (χ1) is 11.6. The maximum atomic E-state index is 12.7. The van der Waals surface area contributed by atoms with Gasteiger partial charge in [0.15, 0.2) is 0 Å². The van der Waals surface area contributed by atoms with Crippen molar-refractivity contribution in [3.63, 3.8) is 0 Å². The van der Waals surface area contributed by atoms with Gasteiger partial charge >= 0.3 is 5.97 Å². The lowest BCUT2D eigenvalue weighted by atomic mass is 9.91. The summed E-state index contributed by atoms with van der Waals surface area (Å²) in [5, 5.41) is 9.84. The fourth-order valence-electron chi connectivity index (χ4n) is 2.83. The van der Waals surface area contributed by atoms with Gasteiger partial charge in [0.1, 0.15) is 24.2 Å². The summed E-state index contributed by atoms with van der Waals surface area (Å²) >= 11 is 5.85. The van der Waals surface area contributed by atoms with Crippen LogP contribution < -0.4 is 0 Å². The fourth-order valence-corrected chi connectivity index (χ4v) is 3.15. The van der Waals surface area contributed by atoms with Gasteiger partial charge in [-0.3, -0.25) is 4.79 Å². The van der Waals surface area contributed by atoms with Crippen molar-refractivity contribution in [1.82, 2.24) is 0 Å². The third kappa shape index (κ3) is 3.96. The minimum atomic E-state index is -0.716. The van der Waals surface area contributed by atoms with E-state index in [2.05, 4.69) is 0 Å². The standard InChI is InChI=1S/C19H19ClO4/c20-17-11-15(21)16(24-17)12-23-19(22)18(13-7-3-1-4-8-13)14-9-5-2-6-10-14/h1-10,15-18,21H,11-12H2/t15-,16+,17+/m0/s1. The molecule has 0 unspecified atom stereocenters. The zero-order chi connectivity index (χ0) is 16.9. The average molecular weight is 347 g/mol. The van der Waals surface area contributed by atoms with E-state index < -0.39 is 23.7 Å². The molecule has 126 valence electrons. The van der Waals surface area contributed by atoms with Crippen LogP contribution in [0.15, 0.2) is 60.7 Å². The van der Waals surface area contributed by atoms with Crippen molar-refractivity contribution in [2.45, 2.75) is 30.1 Å². The molecule has 0 amide bonds. The van der Waals surface area contributed by atoms with Gasteiger partial charge in [0.25, 0.3) is 0 Å². The summed E-state index contributed by atoms with van der Waals surface area (Å²) in [7, 11) is 0. The van der Waals surface area contributed by atoms with Gasteiger partial charge in [0.05, 0.1) is 6.10 Å². The van der Waals surface area contributed by atoms with Crippen molar-refractivity contribution < 1.29 is 19.4 Å². The summed E-state index contributed by atoms with van der Waals surface area (Å²) < 4.78 is 10.8. The predicted molar refractivity (Wildman–Crippen MR) is 90.8 cm³/mol. The zero-order valence-corrected chi connectivity index (χ0v) is 13.8. The lowest BCUT2D eigenvalue weighted by molar-refractivity contribution is -0.149. The monoisotopic (exact) mass is 346 g/mol. The van der Waals surface area contributed by atoms with Crippen molar-refractivity contribution in [1.29, 1.82) is 0 Å². The SMILES string of the molecule is O=C(OC[C@H]1O[C@@H](Cl)C[C@@H]1O)C(c1ccccc1)c1ccccc1. The van der Waals surface area contributed by atoms with E-state index in [1.165, 1.54) is 0 Å². The number of rotatable bonds is 5. The number of carbonyl (C=O) groups is 1. The second-order valence-corrected chi connectivity index (χ2v) is 6.26. The van der Waals surface area contributed by atoms with E-state index in [0.717, 1.165) is 11.1 Å². The number of hydrogen-bond donors (Lipinski definition) is 1. The summed E-state index contributed by atoms with van der Waals surface area (Å²) in [4.78, 5) is 12.7. The van der Waals surface area contributed by atoms with Crippen molar-refractivity contribution in [2.75, 3.05) is 6.61 Å². The molecule has 3 rings (SSSR count). The van der Waals surface area contributed by atoms with E-state index >= 15 is 0 Å². The number of aliphatic hydroxyl groups excluding tert-OH is 1. The summed E-state index contributed by atoms with van der Waals surface area (Å²) in [6.07, 6.45) is -0.958. The molecule has 5 heteroatoms. The van der Waals surface area contributed by atoms with Gasteiger partial charge < -0.3 is 14.6 Å². The van der Waals surface area contributed by atoms with Gasteiger partial charge in [-0.2, -0.15) is 0 Å². The Hall–Kier alpha value is -1.88. The molecule has 0 aromatic heterocycles. The highest BCUT2D eigenvalue weighted by Crippen LogP contribution is 2.27. The summed E-state index contributed by atoms with van der Waals surface area (Å²) in [5.74, 6) is -0.890. The first-order valence-corrected chi connectivity index (χ1v) is 8.33. The second kappa shape index (κ2) is 7.79. The van der Waals surface area contributed by atoms with Crippen LogP contribution >= 0.6 is 11.6 Å². The summed E-state index contributed by atoms with van der Waals surface area (Å²) in [6.45, 7) is -0.0145. The van der Waals surface area contributed by atoms with Crippen molar-refractivity contribution in [3.05, 3.63) is 71.8 Å². The van der Waals surface area contributed by atoms with Crippen LogP contribution in [0.5, 0.6) is 0 Å². The largest absolute Gasteiger partial charge is 0.462 e. The Morgan fingerprint density at radius 1 is 1.12 bits per heavy atom. The van der Waals surface area contributed by atoms with Crippen LogP contribution in [0.1, 0.15) is 23.5 Å². The van der Waals surface area contributed by atoms with Crippen molar-refractivity contribution in [2.24, 2.45) is 0 Å². The Labute approximate surface area is 146 Å². The van der Waals surface area contributed by atoms with Crippen LogP contribution in [0.2, 0.25) is 0 Å². The highest BCUT2D eigenvalue weighted by Gasteiger charge is 2.34. The van der Waals surface area contributed by atoms with E-state index in [9.17, 15) is 9.90 Å². The number of alkyl halides is 1. The minimum Gasteiger partial charge on any atom is -0.462 e. The highest BCUT2D eigenvalue weighted by atomic mass is 35.5. The number of aliphatic hydroxyl groups is 1. The minimum absolute atomic E-state index is 0.0145. The second-order valence-electron chi connectivity index (χ2n) is 5.77. The molecule has 0 saturated carbocycles. The Morgan fingerprint density at radius 3 is 2.12 bits per heavy atom. The van der Waals surface area contributed by atoms with E-state index in [-0.39, 0.29) is 12.6 Å². The van der Waals surface area contributed by atoms with Gasteiger partial charge in [-0.15, -0.1) is 0 Å². The molecule has 1 heterocycles. The van der Waals surface area contributed by atoms with Crippen LogP contribution in [0.4, 0.5) is 0 Å². The fraction of sp³-hybridized carbons (Fsp3) is 0.316. The summed E-state index contributed by atoms with van der Waals surface area (Å²) in [5.41, 5.74) is 1.18. The molecule has 1 N–H and O–H groups in total. The third-order valence-corrected chi connectivity index (χ3v) is 4.35. The Bertz CT molecular complexity index is 622. The molecular formula is C19H19ClO4. The number of halogens is 1. The van der Waals surface area contributed by atoms with Gasteiger partial charge in [-0.1, -0.05) is 72.3 Å². The number of hydrogen-bond acceptors (Lipinski definition) is 4. The lowest BCUT2D eigenvalue weighted by Crippen LogP contribution is -2.29. The summed E-state index contributed by atoms with van der Waals surface area (Å²) in [6, 6.07) is 19.0. The van der Waals surface area contributed by atoms with Gasteiger partial charge in [0.2, 0.25) is 0 Å². The first-order valence-electron chi connectivity index (χ1n) is 7.89. The predicted octanol–water partition coefficient (Wildman–Crippen LogP) is 3.08. The maximum Gasteiger partial charge on any atom is 0.318 e.